The second-order valence-corrected chi connectivity index (χ2v) is 4.31. The van der Waals surface area contributed by atoms with E-state index in [4.69, 9.17) is 5.73 Å². The predicted octanol–water partition coefficient (Wildman–Crippen LogP) is 2.69. The maximum atomic E-state index is 6.04. The Bertz CT molecular complexity index is 535. The van der Waals surface area contributed by atoms with Crippen molar-refractivity contribution in [3.05, 3.63) is 42.1 Å². The molecule has 1 aromatic carbocycles. The van der Waals surface area contributed by atoms with E-state index in [1.54, 1.807) is 0 Å². The number of nitrogen functional groups attached to an aromatic ring is 1. The minimum absolute atomic E-state index is 0.624. The summed E-state index contributed by atoms with van der Waals surface area (Å²) in [6.07, 6.45) is 2.14. The summed E-state index contributed by atoms with van der Waals surface area (Å²) in [4.78, 5) is 4.51. The number of hydrogen-bond acceptors (Lipinski definition) is 3. The maximum Gasteiger partial charge on any atom is 0.131 e. The summed E-state index contributed by atoms with van der Waals surface area (Å²) in [5.74, 6) is 0.624. The van der Waals surface area contributed by atoms with Crippen molar-refractivity contribution in [3.63, 3.8) is 0 Å². The summed E-state index contributed by atoms with van der Waals surface area (Å²) in [5, 5.41) is 3.38. The molecule has 0 atom stereocenters. The molecule has 0 radical (unpaired) electrons. The second kappa shape index (κ2) is 4.09. The van der Waals surface area contributed by atoms with E-state index in [-0.39, 0.29) is 0 Å². The van der Waals surface area contributed by atoms with Gasteiger partial charge in [-0.1, -0.05) is 30.3 Å². The number of aromatic nitrogens is 1. The second-order valence-electron chi connectivity index (χ2n) is 4.31. The summed E-state index contributed by atoms with van der Waals surface area (Å²) >= 11 is 0. The molecule has 0 amide bonds. The molecular weight excluding hydrogens is 210 g/mol. The molecule has 0 bridgehead atoms. The van der Waals surface area contributed by atoms with Gasteiger partial charge in [-0.3, -0.25) is 0 Å². The van der Waals surface area contributed by atoms with Crippen LogP contribution in [0.1, 0.15) is 12.1 Å². The molecule has 3 N–H and O–H groups in total. The Hall–Kier alpha value is -2.03. The van der Waals surface area contributed by atoms with Crippen molar-refractivity contribution < 1.29 is 0 Å². The van der Waals surface area contributed by atoms with Crippen molar-refractivity contribution in [3.8, 4) is 11.1 Å². The van der Waals surface area contributed by atoms with E-state index in [2.05, 4.69) is 28.5 Å². The number of nitrogens with one attached hydrogen (secondary N) is 1. The van der Waals surface area contributed by atoms with Crippen LogP contribution in [-0.4, -0.2) is 11.5 Å². The van der Waals surface area contributed by atoms with Crippen molar-refractivity contribution in [2.75, 3.05) is 17.6 Å². The lowest BCUT2D eigenvalue weighted by molar-refractivity contribution is 0.804. The fraction of sp³-hybridized carbons (Fsp3) is 0.214. The van der Waals surface area contributed by atoms with Gasteiger partial charge in [-0.15, -0.1) is 0 Å². The standard InChI is InChI=1S/C14H15N3/c15-14-11(10-5-2-1-3-6-10)9-13-12(17-14)7-4-8-16-13/h1-3,5-6,9,16H,4,7-8H2,(H2,15,17). The van der Waals surface area contributed by atoms with Crippen molar-refractivity contribution in [1.29, 1.82) is 0 Å². The van der Waals surface area contributed by atoms with Gasteiger partial charge in [0.25, 0.3) is 0 Å². The highest BCUT2D eigenvalue weighted by atomic mass is 14.9. The monoisotopic (exact) mass is 225 g/mol. The van der Waals surface area contributed by atoms with Crippen LogP contribution in [0.25, 0.3) is 11.1 Å². The van der Waals surface area contributed by atoms with E-state index in [0.29, 0.717) is 5.82 Å². The smallest absolute Gasteiger partial charge is 0.131 e. The van der Waals surface area contributed by atoms with Gasteiger partial charge in [0.2, 0.25) is 0 Å². The molecule has 0 spiro atoms. The van der Waals surface area contributed by atoms with Gasteiger partial charge in [0.1, 0.15) is 5.82 Å². The van der Waals surface area contributed by atoms with Gasteiger partial charge in [-0.25, -0.2) is 4.98 Å². The number of nitrogens with two attached hydrogens (primary N) is 1. The third-order valence-electron chi connectivity index (χ3n) is 3.12. The summed E-state index contributed by atoms with van der Waals surface area (Å²) < 4.78 is 0. The quantitative estimate of drug-likeness (QED) is 0.784. The number of pyridine rings is 1. The van der Waals surface area contributed by atoms with Gasteiger partial charge in [-0.05, 0) is 24.5 Å². The highest BCUT2D eigenvalue weighted by Crippen LogP contribution is 2.31. The van der Waals surface area contributed by atoms with E-state index >= 15 is 0 Å². The number of benzene rings is 1. The van der Waals surface area contributed by atoms with E-state index in [1.807, 2.05) is 18.2 Å². The largest absolute Gasteiger partial charge is 0.384 e. The number of nitrogens with zero attached hydrogens (tertiary/aromatic N) is 1. The predicted molar refractivity (Wildman–Crippen MR) is 70.9 cm³/mol. The van der Waals surface area contributed by atoms with Gasteiger partial charge in [0.05, 0.1) is 11.4 Å². The fourth-order valence-electron chi connectivity index (χ4n) is 2.24. The first-order chi connectivity index (χ1) is 8.34. The first kappa shape index (κ1) is 10.1. The number of rotatable bonds is 1. The minimum Gasteiger partial charge on any atom is -0.384 e. The molecule has 2 aromatic rings. The van der Waals surface area contributed by atoms with Crippen molar-refractivity contribution in [2.45, 2.75) is 12.8 Å². The summed E-state index contributed by atoms with van der Waals surface area (Å²) in [5.41, 5.74) is 10.4. The molecule has 3 nitrogen and oxygen atoms in total. The molecule has 0 unspecified atom stereocenters. The van der Waals surface area contributed by atoms with Crippen LogP contribution in [0, 0.1) is 0 Å². The van der Waals surface area contributed by atoms with Crippen LogP contribution >= 0.6 is 0 Å². The topological polar surface area (TPSA) is 50.9 Å². The van der Waals surface area contributed by atoms with E-state index in [0.717, 1.165) is 41.9 Å². The Balaban J connectivity index is 2.12. The van der Waals surface area contributed by atoms with E-state index in [9.17, 15) is 0 Å². The molecule has 1 aliphatic rings. The first-order valence-corrected chi connectivity index (χ1v) is 5.93. The summed E-state index contributed by atoms with van der Waals surface area (Å²) in [6.45, 7) is 1.02. The van der Waals surface area contributed by atoms with Crippen LogP contribution in [0.5, 0.6) is 0 Å². The summed E-state index contributed by atoms with van der Waals surface area (Å²) in [7, 11) is 0. The Morgan fingerprint density at radius 3 is 2.82 bits per heavy atom. The molecule has 0 saturated carbocycles. The molecule has 1 aromatic heterocycles. The zero-order valence-electron chi connectivity index (χ0n) is 9.61. The van der Waals surface area contributed by atoms with Gasteiger partial charge >= 0.3 is 0 Å². The highest BCUT2D eigenvalue weighted by molar-refractivity contribution is 5.78. The molecule has 1 aliphatic heterocycles. The Labute approximate surface area is 101 Å². The molecule has 86 valence electrons. The van der Waals surface area contributed by atoms with Crippen LogP contribution in [0.3, 0.4) is 0 Å². The van der Waals surface area contributed by atoms with Crippen molar-refractivity contribution in [2.24, 2.45) is 0 Å². The van der Waals surface area contributed by atoms with Crippen LogP contribution < -0.4 is 11.1 Å². The van der Waals surface area contributed by atoms with Crippen molar-refractivity contribution in [1.82, 2.24) is 4.98 Å². The Morgan fingerprint density at radius 1 is 1.18 bits per heavy atom. The lowest BCUT2D eigenvalue weighted by Crippen LogP contribution is -2.14. The lowest BCUT2D eigenvalue weighted by atomic mass is 10.0. The molecule has 17 heavy (non-hydrogen) atoms. The highest BCUT2D eigenvalue weighted by Gasteiger charge is 2.13. The molecule has 0 aliphatic carbocycles. The van der Waals surface area contributed by atoms with Crippen LogP contribution in [0.4, 0.5) is 11.5 Å². The van der Waals surface area contributed by atoms with Crippen LogP contribution in [-0.2, 0) is 6.42 Å². The average Bonchev–Trinajstić information content (AvgIpc) is 2.39. The van der Waals surface area contributed by atoms with Crippen LogP contribution in [0.15, 0.2) is 36.4 Å². The molecular formula is C14H15N3. The summed E-state index contributed by atoms with van der Waals surface area (Å²) in [6, 6.07) is 12.3. The van der Waals surface area contributed by atoms with E-state index in [1.165, 1.54) is 0 Å². The number of aryl methyl sites for hydroxylation is 1. The van der Waals surface area contributed by atoms with E-state index < -0.39 is 0 Å². The third kappa shape index (κ3) is 1.84. The Morgan fingerprint density at radius 2 is 2.00 bits per heavy atom. The number of hydrogen-bond donors (Lipinski definition) is 2. The average molecular weight is 225 g/mol. The molecule has 3 rings (SSSR count). The lowest BCUT2D eigenvalue weighted by Gasteiger charge is -2.19. The zero-order valence-corrected chi connectivity index (χ0v) is 9.61. The van der Waals surface area contributed by atoms with Crippen LogP contribution in [0.2, 0.25) is 0 Å². The third-order valence-corrected chi connectivity index (χ3v) is 3.12. The Kier molecular flexibility index (Phi) is 2.44. The minimum atomic E-state index is 0.624. The molecule has 0 fully saturated rings. The van der Waals surface area contributed by atoms with Gasteiger partial charge in [0.15, 0.2) is 0 Å². The van der Waals surface area contributed by atoms with Crippen molar-refractivity contribution >= 4 is 11.5 Å². The van der Waals surface area contributed by atoms with Gasteiger partial charge < -0.3 is 11.1 Å². The van der Waals surface area contributed by atoms with Gasteiger partial charge in [-0.2, -0.15) is 0 Å². The molecule has 3 heteroatoms. The normalized spacial score (nSPS) is 13.9. The molecule has 2 heterocycles. The maximum absolute atomic E-state index is 6.04. The zero-order chi connectivity index (χ0) is 11.7. The first-order valence-electron chi connectivity index (χ1n) is 5.93. The van der Waals surface area contributed by atoms with Gasteiger partial charge in [0, 0.05) is 12.1 Å². The number of anilines is 2. The number of fused-ring (bicyclic) bond motifs is 1. The fourth-order valence-corrected chi connectivity index (χ4v) is 2.24. The SMILES string of the molecule is Nc1nc2c(cc1-c1ccccc1)NCCC2. The molecule has 0 saturated heterocycles.